The molecule has 0 unspecified atom stereocenters. The highest BCUT2D eigenvalue weighted by Gasteiger charge is 2.20. The standard InChI is InChI=1S/C17H28N4O2/c1-2-22-16-6-8-18-17(19-16)21-10-4-9-20(12-13-21)11-7-15-5-3-14-23-15/h6,8,15H,2-5,7,9-14H2,1H3/t15-/m1/s1. The van der Waals surface area contributed by atoms with Crippen LogP contribution in [0.1, 0.15) is 32.6 Å². The summed E-state index contributed by atoms with van der Waals surface area (Å²) in [6.45, 7) is 8.88. The van der Waals surface area contributed by atoms with Crippen molar-refractivity contribution in [2.45, 2.75) is 38.7 Å². The Morgan fingerprint density at radius 3 is 3.04 bits per heavy atom. The number of aromatic nitrogens is 2. The van der Waals surface area contributed by atoms with Crippen molar-refractivity contribution >= 4 is 5.95 Å². The maximum absolute atomic E-state index is 5.73. The number of hydrogen-bond acceptors (Lipinski definition) is 6. The molecular formula is C17H28N4O2. The highest BCUT2D eigenvalue weighted by atomic mass is 16.5. The molecule has 0 bridgehead atoms. The Morgan fingerprint density at radius 1 is 1.26 bits per heavy atom. The second-order valence-corrected chi connectivity index (χ2v) is 6.23. The Bertz CT molecular complexity index is 479. The molecule has 2 aliphatic rings. The van der Waals surface area contributed by atoms with Crippen molar-refractivity contribution in [1.29, 1.82) is 0 Å². The van der Waals surface area contributed by atoms with Gasteiger partial charge in [-0.3, -0.25) is 0 Å². The van der Waals surface area contributed by atoms with Gasteiger partial charge < -0.3 is 19.3 Å². The van der Waals surface area contributed by atoms with Gasteiger partial charge in [-0.15, -0.1) is 0 Å². The average Bonchev–Trinajstić information content (AvgIpc) is 2.98. The topological polar surface area (TPSA) is 50.7 Å². The second-order valence-electron chi connectivity index (χ2n) is 6.23. The molecular weight excluding hydrogens is 292 g/mol. The zero-order valence-corrected chi connectivity index (χ0v) is 14.1. The Labute approximate surface area is 138 Å². The first-order valence-corrected chi connectivity index (χ1v) is 8.90. The van der Waals surface area contributed by atoms with E-state index >= 15 is 0 Å². The molecule has 6 heteroatoms. The molecule has 0 radical (unpaired) electrons. The zero-order chi connectivity index (χ0) is 15.9. The third-order valence-electron chi connectivity index (χ3n) is 4.57. The molecule has 3 heterocycles. The molecule has 0 amide bonds. The van der Waals surface area contributed by atoms with E-state index in [1.807, 2.05) is 13.0 Å². The number of ether oxygens (including phenoxy) is 2. The Morgan fingerprint density at radius 2 is 2.22 bits per heavy atom. The normalized spacial score (nSPS) is 23.0. The summed E-state index contributed by atoms with van der Waals surface area (Å²) in [6, 6.07) is 1.82. The smallest absolute Gasteiger partial charge is 0.228 e. The van der Waals surface area contributed by atoms with Crippen molar-refractivity contribution in [2.75, 3.05) is 50.8 Å². The van der Waals surface area contributed by atoms with Crippen molar-refractivity contribution in [1.82, 2.24) is 14.9 Å². The van der Waals surface area contributed by atoms with E-state index in [-0.39, 0.29) is 0 Å². The fourth-order valence-electron chi connectivity index (χ4n) is 3.31. The number of anilines is 1. The van der Waals surface area contributed by atoms with Crippen LogP contribution in [-0.4, -0.2) is 66.9 Å². The van der Waals surface area contributed by atoms with Gasteiger partial charge >= 0.3 is 0 Å². The summed E-state index contributed by atoms with van der Waals surface area (Å²) in [5, 5.41) is 0. The highest BCUT2D eigenvalue weighted by molar-refractivity contribution is 5.32. The Hall–Kier alpha value is -1.40. The monoisotopic (exact) mass is 320 g/mol. The minimum atomic E-state index is 0.487. The fourth-order valence-corrected chi connectivity index (χ4v) is 3.31. The van der Waals surface area contributed by atoms with Crippen molar-refractivity contribution in [3.05, 3.63) is 12.3 Å². The van der Waals surface area contributed by atoms with E-state index < -0.39 is 0 Å². The molecule has 1 atom stereocenters. The maximum atomic E-state index is 5.73. The van der Waals surface area contributed by atoms with Gasteiger partial charge in [0.15, 0.2) is 0 Å². The van der Waals surface area contributed by atoms with Crippen molar-refractivity contribution in [2.24, 2.45) is 0 Å². The minimum Gasteiger partial charge on any atom is -0.478 e. The first kappa shape index (κ1) is 16.5. The summed E-state index contributed by atoms with van der Waals surface area (Å²) >= 11 is 0. The van der Waals surface area contributed by atoms with Crippen molar-refractivity contribution in [3.63, 3.8) is 0 Å². The third kappa shape index (κ3) is 4.78. The predicted molar refractivity (Wildman–Crippen MR) is 90.1 cm³/mol. The lowest BCUT2D eigenvalue weighted by atomic mass is 10.2. The number of rotatable bonds is 6. The Kier molecular flexibility index (Phi) is 6.05. The van der Waals surface area contributed by atoms with E-state index in [0.29, 0.717) is 18.6 Å². The average molecular weight is 320 g/mol. The summed E-state index contributed by atoms with van der Waals surface area (Å²) in [5.74, 6) is 1.45. The summed E-state index contributed by atoms with van der Waals surface area (Å²) in [6.07, 6.45) is 7.04. The molecule has 1 aromatic heterocycles. The zero-order valence-electron chi connectivity index (χ0n) is 14.1. The molecule has 1 aromatic rings. The van der Waals surface area contributed by atoms with Gasteiger partial charge in [0.1, 0.15) is 0 Å². The van der Waals surface area contributed by atoms with Crippen LogP contribution in [0.25, 0.3) is 0 Å². The van der Waals surface area contributed by atoms with Crippen LogP contribution in [0, 0.1) is 0 Å². The summed E-state index contributed by atoms with van der Waals surface area (Å²) < 4.78 is 11.2. The molecule has 3 rings (SSSR count). The maximum Gasteiger partial charge on any atom is 0.228 e. The summed E-state index contributed by atoms with van der Waals surface area (Å²) in [7, 11) is 0. The molecule has 0 spiro atoms. The molecule has 0 saturated carbocycles. The molecule has 23 heavy (non-hydrogen) atoms. The first-order chi connectivity index (χ1) is 11.3. The van der Waals surface area contributed by atoms with Crippen LogP contribution in [0.2, 0.25) is 0 Å². The lowest BCUT2D eigenvalue weighted by Crippen LogP contribution is -2.33. The predicted octanol–water partition coefficient (Wildman–Crippen LogP) is 1.96. The highest BCUT2D eigenvalue weighted by Crippen LogP contribution is 2.18. The van der Waals surface area contributed by atoms with E-state index in [1.165, 1.54) is 12.8 Å². The van der Waals surface area contributed by atoms with Gasteiger partial charge in [-0.1, -0.05) is 0 Å². The van der Waals surface area contributed by atoms with Crippen molar-refractivity contribution < 1.29 is 9.47 Å². The third-order valence-corrected chi connectivity index (χ3v) is 4.57. The van der Waals surface area contributed by atoms with Gasteiger partial charge in [-0.2, -0.15) is 4.98 Å². The van der Waals surface area contributed by atoms with E-state index in [0.717, 1.165) is 58.1 Å². The van der Waals surface area contributed by atoms with Crippen LogP contribution in [0.3, 0.4) is 0 Å². The molecule has 0 aliphatic carbocycles. The van der Waals surface area contributed by atoms with E-state index in [4.69, 9.17) is 9.47 Å². The lowest BCUT2D eigenvalue weighted by Gasteiger charge is -2.23. The Balaban J connectivity index is 1.50. The van der Waals surface area contributed by atoms with Gasteiger partial charge in [0.25, 0.3) is 0 Å². The quantitative estimate of drug-likeness (QED) is 0.798. The van der Waals surface area contributed by atoms with Crippen LogP contribution in [-0.2, 0) is 4.74 Å². The molecule has 2 aliphatic heterocycles. The van der Waals surface area contributed by atoms with E-state index in [1.54, 1.807) is 6.20 Å². The van der Waals surface area contributed by atoms with Crippen LogP contribution < -0.4 is 9.64 Å². The lowest BCUT2D eigenvalue weighted by molar-refractivity contribution is 0.0929. The van der Waals surface area contributed by atoms with Crippen LogP contribution >= 0.6 is 0 Å². The molecule has 6 nitrogen and oxygen atoms in total. The SMILES string of the molecule is CCOc1ccnc(N2CCCN(CC[C@H]3CCCO3)CC2)n1. The summed E-state index contributed by atoms with van der Waals surface area (Å²) in [4.78, 5) is 13.8. The van der Waals surface area contributed by atoms with Gasteiger partial charge in [0, 0.05) is 45.0 Å². The second kappa shape index (κ2) is 8.45. The molecule has 128 valence electrons. The van der Waals surface area contributed by atoms with Gasteiger partial charge in [0.05, 0.1) is 12.7 Å². The summed E-state index contributed by atoms with van der Waals surface area (Å²) in [5.41, 5.74) is 0. The molecule has 2 saturated heterocycles. The number of nitrogens with zero attached hydrogens (tertiary/aromatic N) is 4. The van der Waals surface area contributed by atoms with Gasteiger partial charge in [-0.05, 0) is 39.2 Å². The van der Waals surface area contributed by atoms with Crippen LogP contribution in [0.4, 0.5) is 5.95 Å². The van der Waals surface area contributed by atoms with Crippen molar-refractivity contribution in [3.8, 4) is 5.88 Å². The van der Waals surface area contributed by atoms with E-state index in [2.05, 4.69) is 19.8 Å². The van der Waals surface area contributed by atoms with Gasteiger partial charge in [0.2, 0.25) is 11.8 Å². The minimum absolute atomic E-state index is 0.487. The largest absolute Gasteiger partial charge is 0.478 e. The molecule has 0 N–H and O–H groups in total. The number of hydrogen-bond donors (Lipinski definition) is 0. The van der Waals surface area contributed by atoms with Crippen LogP contribution in [0.15, 0.2) is 12.3 Å². The van der Waals surface area contributed by atoms with Crippen LogP contribution in [0.5, 0.6) is 5.88 Å². The fraction of sp³-hybridized carbons (Fsp3) is 0.765. The van der Waals surface area contributed by atoms with Gasteiger partial charge in [-0.25, -0.2) is 4.98 Å². The molecule has 0 aromatic carbocycles. The first-order valence-electron chi connectivity index (χ1n) is 8.90. The molecule has 2 fully saturated rings. The van der Waals surface area contributed by atoms with E-state index in [9.17, 15) is 0 Å².